The lowest BCUT2D eigenvalue weighted by Gasteiger charge is -2.07. The quantitative estimate of drug-likeness (QED) is 0.593. The molecule has 0 aliphatic carbocycles. The van der Waals surface area contributed by atoms with Crippen LogP contribution in [0, 0.1) is 0 Å². The lowest BCUT2D eigenvalue weighted by atomic mass is 10.1. The molecule has 1 heterocycles. The van der Waals surface area contributed by atoms with E-state index >= 15 is 0 Å². The molecule has 0 aromatic heterocycles. The summed E-state index contributed by atoms with van der Waals surface area (Å²) in [4.78, 5) is 4.37. The van der Waals surface area contributed by atoms with Crippen molar-refractivity contribution < 1.29 is 4.74 Å². The SMILES string of the molecule is C=CCSC1=NC(C)(C)CO1. The van der Waals surface area contributed by atoms with Crippen LogP contribution in [0.25, 0.3) is 0 Å². The van der Waals surface area contributed by atoms with Crippen LogP contribution in [0.2, 0.25) is 0 Å². The van der Waals surface area contributed by atoms with Crippen molar-refractivity contribution in [2.45, 2.75) is 19.4 Å². The number of rotatable bonds is 2. The van der Waals surface area contributed by atoms with Crippen LogP contribution in [0.1, 0.15) is 13.8 Å². The van der Waals surface area contributed by atoms with Crippen molar-refractivity contribution in [2.24, 2.45) is 4.99 Å². The minimum atomic E-state index is -0.0243. The van der Waals surface area contributed by atoms with Gasteiger partial charge in [-0.1, -0.05) is 17.8 Å². The minimum absolute atomic E-state index is 0.0243. The van der Waals surface area contributed by atoms with Crippen LogP contribution in [-0.2, 0) is 4.74 Å². The van der Waals surface area contributed by atoms with Gasteiger partial charge in [-0.25, -0.2) is 4.99 Å². The third-order valence-corrected chi connectivity index (χ3v) is 2.13. The lowest BCUT2D eigenvalue weighted by Crippen LogP contribution is -2.17. The number of hydrogen-bond acceptors (Lipinski definition) is 3. The van der Waals surface area contributed by atoms with E-state index in [1.807, 2.05) is 6.08 Å². The molecule has 0 aromatic rings. The molecule has 0 radical (unpaired) electrons. The zero-order valence-corrected chi connectivity index (χ0v) is 7.78. The van der Waals surface area contributed by atoms with Crippen LogP contribution < -0.4 is 0 Å². The Hall–Kier alpha value is -0.440. The number of ether oxygens (including phenoxy) is 1. The third kappa shape index (κ3) is 2.58. The monoisotopic (exact) mass is 171 g/mol. The Morgan fingerprint density at radius 2 is 2.55 bits per heavy atom. The minimum Gasteiger partial charge on any atom is -0.470 e. The summed E-state index contributed by atoms with van der Waals surface area (Å²) < 4.78 is 5.34. The summed E-state index contributed by atoms with van der Waals surface area (Å²) in [6.07, 6.45) is 1.85. The lowest BCUT2D eigenvalue weighted by molar-refractivity contribution is 0.284. The Morgan fingerprint density at radius 1 is 1.82 bits per heavy atom. The van der Waals surface area contributed by atoms with E-state index in [1.54, 1.807) is 11.8 Å². The zero-order chi connectivity index (χ0) is 8.32. The summed E-state index contributed by atoms with van der Waals surface area (Å²) in [7, 11) is 0. The first-order valence-corrected chi connectivity index (χ1v) is 4.59. The number of nitrogens with zero attached hydrogens (tertiary/aromatic N) is 1. The molecular formula is C8H13NOS. The smallest absolute Gasteiger partial charge is 0.246 e. The van der Waals surface area contributed by atoms with E-state index in [-0.39, 0.29) is 5.54 Å². The number of aliphatic imine (C=N–C) groups is 1. The molecule has 62 valence electrons. The van der Waals surface area contributed by atoms with Crippen LogP contribution in [0.4, 0.5) is 0 Å². The van der Waals surface area contributed by atoms with Crippen LogP contribution in [-0.4, -0.2) is 23.1 Å². The molecule has 0 aromatic carbocycles. The first-order chi connectivity index (χ1) is 5.14. The second kappa shape index (κ2) is 3.30. The summed E-state index contributed by atoms with van der Waals surface area (Å²) in [5, 5.41) is 0.801. The van der Waals surface area contributed by atoms with Crippen LogP contribution >= 0.6 is 11.8 Å². The topological polar surface area (TPSA) is 21.6 Å². The van der Waals surface area contributed by atoms with E-state index in [0.717, 1.165) is 11.0 Å². The average Bonchev–Trinajstić information content (AvgIpc) is 2.26. The van der Waals surface area contributed by atoms with Crippen molar-refractivity contribution in [3.63, 3.8) is 0 Å². The molecule has 0 fully saturated rings. The molecule has 1 aliphatic rings. The molecule has 0 saturated carbocycles. The maximum atomic E-state index is 5.34. The van der Waals surface area contributed by atoms with Gasteiger partial charge in [-0.15, -0.1) is 6.58 Å². The largest absolute Gasteiger partial charge is 0.470 e. The first kappa shape index (κ1) is 8.65. The fraction of sp³-hybridized carbons (Fsp3) is 0.625. The van der Waals surface area contributed by atoms with Gasteiger partial charge >= 0.3 is 0 Å². The highest BCUT2D eigenvalue weighted by Crippen LogP contribution is 2.22. The standard InChI is InChI=1S/C8H13NOS/c1-4-5-11-7-9-8(2,3)6-10-7/h4H,1,5-6H2,2-3H3. The van der Waals surface area contributed by atoms with Crippen molar-refractivity contribution in [1.29, 1.82) is 0 Å². The predicted octanol–water partition coefficient (Wildman–Crippen LogP) is 2.07. The van der Waals surface area contributed by atoms with Gasteiger partial charge in [0.05, 0.1) is 5.54 Å². The Morgan fingerprint density at radius 3 is 3.00 bits per heavy atom. The highest BCUT2D eigenvalue weighted by molar-refractivity contribution is 8.13. The molecule has 11 heavy (non-hydrogen) atoms. The van der Waals surface area contributed by atoms with Crippen LogP contribution in [0.15, 0.2) is 17.6 Å². The first-order valence-electron chi connectivity index (χ1n) is 3.60. The fourth-order valence-electron chi connectivity index (χ4n) is 0.754. The van der Waals surface area contributed by atoms with Crippen molar-refractivity contribution >= 4 is 17.0 Å². The van der Waals surface area contributed by atoms with E-state index in [0.29, 0.717) is 6.61 Å². The van der Waals surface area contributed by atoms with Crippen molar-refractivity contribution in [3.05, 3.63) is 12.7 Å². The second-order valence-electron chi connectivity index (χ2n) is 3.08. The summed E-state index contributed by atoms with van der Waals surface area (Å²) in [5.41, 5.74) is -0.0243. The molecule has 2 nitrogen and oxygen atoms in total. The molecule has 0 unspecified atom stereocenters. The molecule has 0 bridgehead atoms. The number of hydrogen-bond donors (Lipinski definition) is 0. The fourth-order valence-corrected chi connectivity index (χ4v) is 1.47. The Labute approximate surface area is 71.7 Å². The van der Waals surface area contributed by atoms with Gasteiger partial charge in [-0.2, -0.15) is 0 Å². The Balaban J connectivity index is 2.42. The molecule has 0 saturated heterocycles. The van der Waals surface area contributed by atoms with Gasteiger partial charge in [0.2, 0.25) is 5.23 Å². The molecule has 3 heteroatoms. The Bertz CT molecular complexity index is 187. The molecule has 1 aliphatic heterocycles. The summed E-state index contributed by atoms with van der Waals surface area (Å²) in [5.74, 6) is 0.870. The Kier molecular flexibility index (Phi) is 2.60. The van der Waals surface area contributed by atoms with E-state index in [9.17, 15) is 0 Å². The molecule has 1 rings (SSSR count). The maximum Gasteiger partial charge on any atom is 0.246 e. The van der Waals surface area contributed by atoms with Crippen LogP contribution in [0.3, 0.4) is 0 Å². The normalized spacial score (nSPS) is 20.7. The van der Waals surface area contributed by atoms with E-state index in [2.05, 4.69) is 25.4 Å². The molecule has 0 spiro atoms. The summed E-state index contributed by atoms with van der Waals surface area (Å²) >= 11 is 1.60. The van der Waals surface area contributed by atoms with E-state index in [1.165, 1.54) is 0 Å². The summed E-state index contributed by atoms with van der Waals surface area (Å²) in [6, 6.07) is 0. The predicted molar refractivity (Wildman–Crippen MR) is 50.1 cm³/mol. The van der Waals surface area contributed by atoms with Crippen LogP contribution in [0.5, 0.6) is 0 Å². The van der Waals surface area contributed by atoms with Gasteiger partial charge in [0, 0.05) is 5.75 Å². The van der Waals surface area contributed by atoms with Gasteiger partial charge in [0.15, 0.2) is 0 Å². The number of thioether (sulfide) groups is 1. The second-order valence-corrected chi connectivity index (χ2v) is 4.05. The third-order valence-electron chi connectivity index (χ3n) is 1.27. The molecule has 0 amide bonds. The van der Waals surface area contributed by atoms with Gasteiger partial charge < -0.3 is 4.74 Å². The highest BCUT2D eigenvalue weighted by atomic mass is 32.2. The van der Waals surface area contributed by atoms with Gasteiger partial charge in [-0.3, -0.25) is 0 Å². The van der Waals surface area contributed by atoms with Crippen molar-refractivity contribution in [2.75, 3.05) is 12.4 Å². The highest BCUT2D eigenvalue weighted by Gasteiger charge is 2.25. The molecule has 0 atom stereocenters. The molecule has 0 N–H and O–H groups in total. The average molecular weight is 171 g/mol. The zero-order valence-electron chi connectivity index (χ0n) is 6.96. The van der Waals surface area contributed by atoms with E-state index in [4.69, 9.17) is 4.74 Å². The van der Waals surface area contributed by atoms with Gasteiger partial charge in [-0.05, 0) is 13.8 Å². The van der Waals surface area contributed by atoms with Crippen molar-refractivity contribution in [3.8, 4) is 0 Å². The maximum absolute atomic E-state index is 5.34. The van der Waals surface area contributed by atoms with Gasteiger partial charge in [0.25, 0.3) is 0 Å². The van der Waals surface area contributed by atoms with Crippen molar-refractivity contribution in [1.82, 2.24) is 0 Å². The van der Waals surface area contributed by atoms with E-state index < -0.39 is 0 Å². The van der Waals surface area contributed by atoms with Gasteiger partial charge in [0.1, 0.15) is 6.61 Å². The summed E-state index contributed by atoms with van der Waals surface area (Å²) in [6.45, 7) is 8.46. The molecular weight excluding hydrogens is 158 g/mol.